The van der Waals surface area contributed by atoms with E-state index in [1.807, 2.05) is 29.5 Å². The van der Waals surface area contributed by atoms with Crippen LogP contribution in [0.3, 0.4) is 0 Å². The molecule has 2 aromatic heterocycles. The second-order valence-corrected chi connectivity index (χ2v) is 14.2. The van der Waals surface area contributed by atoms with E-state index in [1.165, 1.54) is 63.3 Å². The normalized spacial score (nSPS) is 11.9. The van der Waals surface area contributed by atoms with E-state index < -0.39 is 0 Å². The first-order chi connectivity index (χ1) is 25.3. The maximum absolute atomic E-state index is 5.41. The molecule has 11 aromatic rings. The zero-order chi connectivity index (χ0) is 33.5. The molecule has 0 N–H and O–H groups in total. The number of hydrogen-bond donors (Lipinski definition) is 0. The molecule has 11 rings (SSSR count). The van der Waals surface area contributed by atoms with Gasteiger partial charge in [0.25, 0.3) is 0 Å². The lowest BCUT2D eigenvalue weighted by Gasteiger charge is -2.14. The van der Waals surface area contributed by atoms with Crippen LogP contribution in [0.5, 0.6) is 0 Å². The first-order valence-electron chi connectivity index (χ1n) is 17.2. The predicted octanol–water partition coefficient (Wildman–Crippen LogP) is 13.0. The first-order valence-corrected chi connectivity index (χ1v) is 18.0. The highest BCUT2D eigenvalue weighted by Gasteiger charge is 2.22. The molecule has 0 amide bonds. The number of benzene rings is 9. The summed E-state index contributed by atoms with van der Waals surface area (Å²) >= 11 is 1.88. The van der Waals surface area contributed by atoms with Crippen molar-refractivity contribution < 1.29 is 0 Å². The van der Waals surface area contributed by atoms with Gasteiger partial charge in [0.2, 0.25) is 0 Å². The maximum Gasteiger partial charge on any atom is 0.164 e. The lowest BCUT2D eigenvalue weighted by Crippen LogP contribution is -2.01. The van der Waals surface area contributed by atoms with Gasteiger partial charge in [0.15, 0.2) is 17.5 Å². The van der Waals surface area contributed by atoms with Crippen LogP contribution in [0.1, 0.15) is 0 Å². The van der Waals surface area contributed by atoms with Gasteiger partial charge in [-0.05, 0) is 60.6 Å². The molecular formula is C47H27N3S. The standard InChI is InChI=1S/C47H27N3S/c1-2-14-30(15-3-1)45-48-46(39-26-31-16-6-7-17-33(31)36-20-10-11-21-37(36)39)50-47(49-45)40-27-32-23-22-28-12-4-8-18-34(28)41(32)44-42(40)38-25-24-29-13-5-9-19-35(29)43(38)51-44/h1-27H. The van der Waals surface area contributed by atoms with Gasteiger partial charge in [0, 0.05) is 42.2 Å². The summed E-state index contributed by atoms with van der Waals surface area (Å²) in [5, 5.41) is 14.5. The van der Waals surface area contributed by atoms with Gasteiger partial charge in [-0.15, -0.1) is 11.3 Å². The molecular weight excluding hydrogens is 639 g/mol. The fraction of sp³-hybridized carbons (Fsp3) is 0. The smallest absolute Gasteiger partial charge is 0.164 e. The first kappa shape index (κ1) is 28.4. The van der Waals surface area contributed by atoms with E-state index >= 15 is 0 Å². The molecule has 0 bridgehead atoms. The minimum absolute atomic E-state index is 0.657. The average Bonchev–Trinajstić information content (AvgIpc) is 3.60. The molecule has 3 nitrogen and oxygen atoms in total. The van der Waals surface area contributed by atoms with Gasteiger partial charge < -0.3 is 0 Å². The Kier molecular flexibility index (Phi) is 6.12. The Morgan fingerprint density at radius 3 is 1.67 bits per heavy atom. The Hall–Kier alpha value is -6.49. The largest absolute Gasteiger partial charge is 0.208 e. The van der Waals surface area contributed by atoms with Crippen LogP contribution in [0.15, 0.2) is 164 Å². The number of rotatable bonds is 3. The van der Waals surface area contributed by atoms with Crippen molar-refractivity contribution in [3.8, 4) is 34.2 Å². The highest BCUT2D eigenvalue weighted by Crippen LogP contribution is 2.48. The summed E-state index contributed by atoms with van der Waals surface area (Å²) in [5.41, 5.74) is 2.96. The summed E-state index contributed by atoms with van der Waals surface area (Å²) in [5.74, 6) is 1.99. The Bertz CT molecular complexity index is 3200. The lowest BCUT2D eigenvalue weighted by molar-refractivity contribution is 1.08. The van der Waals surface area contributed by atoms with Gasteiger partial charge in [-0.3, -0.25) is 0 Å². The monoisotopic (exact) mass is 665 g/mol. The zero-order valence-corrected chi connectivity index (χ0v) is 28.2. The Balaban J connectivity index is 1.29. The van der Waals surface area contributed by atoms with Crippen molar-refractivity contribution in [2.24, 2.45) is 0 Å². The molecule has 0 spiro atoms. The fourth-order valence-corrected chi connectivity index (χ4v) is 9.34. The van der Waals surface area contributed by atoms with E-state index in [1.54, 1.807) is 0 Å². The molecule has 0 aliphatic carbocycles. The SMILES string of the molecule is c1ccc(-c2nc(-c3cc4ccccc4c4ccccc34)nc(-c3cc4ccc5ccccc5c4c4sc5c6ccccc6ccc5c34)n2)cc1. The fourth-order valence-electron chi connectivity index (χ4n) is 7.91. The topological polar surface area (TPSA) is 38.7 Å². The van der Waals surface area contributed by atoms with Crippen molar-refractivity contribution in [3.63, 3.8) is 0 Å². The van der Waals surface area contributed by atoms with E-state index in [2.05, 4.69) is 146 Å². The third-order valence-corrected chi connectivity index (χ3v) is 11.5. The Morgan fingerprint density at radius 1 is 0.314 bits per heavy atom. The number of hydrogen-bond acceptors (Lipinski definition) is 4. The summed E-state index contributed by atoms with van der Waals surface area (Å²) in [6.45, 7) is 0. The van der Waals surface area contributed by atoms with Crippen molar-refractivity contribution in [1.82, 2.24) is 15.0 Å². The second-order valence-electron chi connectivity index (χ2n) is 13.1. The molecule has 4 heteroatoms. The van der Waals surface area contributed by atoms with Crippen molar-refractivity contribution in [2.75, 3.05) is 0 Å². The molecule has 2 heterocycles. The van der Waals surface area contributed by atoms with Gasteiger partial charge in [-0.2, -0.15) is 0 Å². The lowest BCUT2D eigenvalue weighted by atomic mass is 9.95. The van der Waals surface area contributed by atoms with Crippen molar-refractivity contribution in [1.29, 1.82) is 0 Å². The molecule has 0 saturated carbocycles. The molecule has 0 aliphatic rings. The molecule has 0 unspecified atom stereocenters. The quantitative estimate of drug-likeness (QED) is 0.176. The third-order valence-electron chi connectivity index (χ3n) is 10.3. The van der Waals surface area contributed by atoms with E-state index in [0.717, 1.165) is 27.5 Å². The van der Waals surface area contributed by atoms with Gasteiger partial charge in [-0.1, -0.05) is 152 Å². The predicted molar refractivity (Wildman–Crippen MR) is 217 cm³/mol. The summed E-state index contributed by atoms with van der Waals surface area (Å²) < 4.78 is 2.54. The van der Waals surface area contributed by atoms with E-state index in [-0.39, 0.29) is 0 Å². The van der Waals surface area contributed by atoms with Gasteiger partial charge in [0.05, 0.1) is 0 Å². The molecule has 0 aliphatic heterocycles. The molecule has 0 radical (unpaired) electrons. The van der Waals surface area contributed by atoms with Gasteiger partial charge >= 0.3 is 0 Å². The molecule has 0 fully saturated rings. The van der Waals surface area contributed by atoms with Gasteiger partial charge in [0.1, 0.15) is 0 Å². The van der Waals surface area contributed by atoms with E-state index in [9.17, 15) is 0 Å². The average molecular weight is 666 g/mol. The summed E-state index contributed by atoms with van der Waals surface area (Å²) in [4.78, 5) is 15.9. The highest BCUT2D eigenvalue weighted by atomic mass is 32.1. The van der Waals surface area contributed by atoms with Crippen LogP contribution in [-0.2, 0) is 0 Å². The maximum atomic E-state index is 5.41. The van der Waals surface area contributed by atoms with E-state index in [0.29, 0.717) is 17.5 Å². The van der Waals surface area contributed by atoms with Crippen LogP contribution in [0.4, 0.5) is 0 Å². The minimum atomic E-state index is 0.657. The van der Waals surface area contributed by atoms with Crippen LogP contribution in [0, 0.1) is 0 Å². The summed E-state index contributed by atoms with van der Waals surface area (Å²) in [6, 6.07) is 58.4. The minimum Gasteiger partial charge on any atom is -0.208 e. The molecule has 9 aromatic carbocycles. The van der Waals surface area contributed by atoms with Crippen LogP contribution >= 0.6 is 11.3 Å². The van der Waals surface area contributed by atoms with Crippen LogP contribution in [-0.4, -0.2) is 15.0 Å². The number of thiophene rings is 1. The third kappa shape index (κ3) is 4.33. The molecule has 236 valence electrons. The number of fused-ring (bicyclic) bond motifs is 12. The zero-order valence-electron chi connectivity index (χ0n) is 27.3. The Labute approximate surface area is 297 Å². The van der Waals surface area contributed by atoms with E-state index in [4.69, 9.17) is 15.0 Å². The summed E-state index contributed by atoms with van der Waals surface area (Å²) in [6.07, 6.45) is 0. The van der Waals surface area contributed by atoms with Crippen LogP contribution in [0.2, 0.25) is 0 Å². The number of aromatic nitrogens is 3. The Morgan fingerprint density at radius 2 is 0.863 bits per heavy atom. The summed E-state index contributed by atoms with van der Waals surface area (Å²) in [7, 11) is 0. The van der Waals surface area contributed by atoms with Crippen molar-refractivity contribution in [3.05, 3.63) is 164 Å². The molecule has 51 heavy (non-hydrogen) atoms. The van der Waals surface area contributed by atoms with Crippen LogP contribution < -0.4 is 0 Å². The highest BCUT2D eigenvalue weighted by molar-refractivity contribution is 7.27. The number of nitrogens with zero attached hydrogens (tertiary/aromatic N) is 3. The van der Waals surface area contributed by atoms with Crippen LogP contribution in [0.25, 0.3) is 108 Å². The molecule has 0 saturated heterocycles. The molecule has 0 atom stereocenters. The van der Waals surface area contributed by atoms with Crippen molar-refractivity contribution >= 4 is 85.4 Å². The second kappa shape index (κ2) is 11.0. The van der Waals surface area contributed by atoms with Gasteiger partial charge in [-0.25, -0.2) is 15.0 Å². The van der Waals surface area contributed by atoms with Crippen molar-refractivity contribution in [2.45, 2.75) is 0 Å².